The van der Waals surface area contributed by atoms with Crippen LogP contribution in [0.5, 0.6) is 11.5 Å². The molecule has 0 bridgehead atoms. The number of hydrogen-bond acceptors (Lipinski definition) is 4. The second kappa shape index (κ2) is 9.23. The minimum Gasteiger partial charge on any atom is -0.393 e. The van der Waals surface area contributed by atoms with Gasteiger partial charge in [0.05, 0.1) is 12.2 Å². The van der Waals surface area contributed by atoms with Crippen molar-refractivity contribution in [3.8, 4) is 11.5 Å². The predicted molar refractivity (Wildman–Crippen MR) is 155 cm³/mol. The van der Waals surface area contributed by atoms with Crippen molar-refractivity contribution in [2.45, 2.75) is 115 Å². The lowest BCUT2D eigenvalue weighted by Gasteiger charge is -2.50. The smallest absolute Gasteiger partial charge is 0.178 e. The van der Waals surface area contributed by atoms with Crippen molar-refractivity contribution in [3.05, 3.63) is 58.7 Å². The van der Waals surface area contributed by atoms with Crippen LogP contribution in [0.3, 0.4) is 0 Å². The molecule has 4 nitrogen and oxygen atoms in total. The fraction of sp³-hybridized carbons (Fsp3) is 0.667. The van der Waals surface area contributed by atoms with Gasteiger partial charge in [-0.3, -0.25) is 9.78 Å². The first-order valence-corrected chi connectivity index (χ1v) is 16.3. The maximum absolute atomic E-state index is 10.7. The topological polar surface area (TPSA) is 58.9 Å². The third-order valence-corrected chi connectivity index (χ3v) is 13.5. The van der Waals surface area contributed by atoms with E-state index in [1.807, 2.05) is 0 Å². The highest BCUT2D eigenvalue weighted by atomic mass is 17.2. The molecule has 0 amide bonds. The number of aliphatic hydroxyl groups excluding tert-OH is 2. The highest BCUT2D eigenvalue weighted by Gasteiger charge is 2.55. The number of benzene rings is 2. The molecule has 2 aromatic rings. The zero-order chi connectivity index (χ0) is 27.2. The van der Waals surface area contributed by atoms with Crippen LogP contribution in [0.4, 0.5) is 0 Å². The van der Waals surface area contributed by atoms with Gasteiger partial charge in [-0.1, -0.05) is 26.0 Å². The molecule has 3 unspecified atom stereocenters. The van der Waals surface area contributed by atoms with Gasteiger partial charge in [-0.2, -0.15) is 0 Å². The number of aryl methyl sites for hydroxylation is 2. The van der Waals surface area contributed by atoms with Gasteiger partial charge in [0.2, 0.25) is 0 Å². The minimum atomic E-state index is -0.113. The lowest BCUT2D eigenvalue weighted by Crippen LogP contribution is -2.43. The van der Waals surface area contributed by atoms with Crippen LogP contribution in [0.1, 0.15) is 112 Å². The zero-order valence-electron chi connectivity index (χ0n) is 24.3. The molecule has 8 rings (SSSR count). The maximum Gasteiger partial charge on any atom is 0.178 e. The third-order valence-electron chi connectivity index (χ3n) is 13.5. The molecule has 0 radical (unpaired) electrons. The Morgan fingerprint density at radius 3 is 1.50 bits per heavy atom. The second-order valence-electron chi connectivity index (χ2n) is 15.0. The first-order valence-electron chi connectivity index (χ1n) is 16.3. The highest BCUT2D eigenvalue weighted by molar-refractivity contribution is 5.42. The molecule has 214 valence electrons. The van der Waals surface area contributed by atoms with Gasteiger partial charge in [0.25, 0.3) is 0 Å². The molecule has 40 heavy (non-hydrogen) atoms. The first kappa shape index (κ1) is 25.7. The summed E-state index contributed by atoms with van der Waals surface area (Å²) in [5.41, 5.74) is 6.11. The fourth-order valence-electron chi connectivity index (χ4n) is 11.3. The Morgan fingerprint density at radius 2 is 1.05 bits per heavy atom. The van der Waals surface area contributed by atoms with Crippen molar-refractivity contribution >= 4 is 0 Å². The fourth-order valence-corrected chi connectivity index (χ4v) is 11.3. The summed E-state index contributed by atoms with van der Waals surface area (Å²) in [6, 6.07) is 13.2. The summed E-state index contributed by atoms with van der Waals surface area (Å²) >= 11 is 0. The van der Waals surface area contributed by atoms with Gasteiger partial charge in [-0.25, -0.2) is 0 Å². The second-order valence-corrected chi connectivity index (χ2v) is 15.0. The van der Waals surface area contributed by atoms with Crippen LogP contribution in [0, 0.1) is 34.5 Å². The van der Waals surface area contributed by atoms with Crippen molar-refractivity contribution in [1.29, 1.82) is 0 Å². The Hall–Kier alpha value is -2.04. The average Bonchev–Trinajstić information content (AvgIpc) is 3.45. The van der Waals surface area contributed by atoms with E-state index in [2.05, 4.69) is 50.2 Å². The summed E-state index contributed by atoms with van der Waals surface area (Å²) in [4.78, 5) is 11.8. The lowest BCUT2D eigenvalue weighted by atomic mass is 9.55. The van der Waals surface area contributed by atoms with E-state index in [-0.39, 0.29) is 23.0 Å². The van der Waals surface area contributed by atoms with E-state index in [1.165, 1.54) is 60.8 Å². The predicted octanol–water partition coefficient (Wildman–Crippen LogP) is 7.49. The molecule has 4 heteroatoms. The van der Waals surface area contributed by atoms with Gasteiger partial charge < -0.3 is 10.2 Å². The van der Waals surface area contributed by atoms with E-state index in [4.69, 9.17) is 9.78 Å². The molecule has 0 aromatic heterocycles. The Labute approximate surface area is 239 Å². The lowest BCUT2D eigenvalue weighted by molar-refractivity contribution is -0.100. The molecule has 6 aliphatic rings. The summed E-state index contributed by atoms with van der Waals surface area (Å²) < 4.78 is 0. The SMILES string of the molecule is C[C@]12CC[C@@H]3c4ccc(OOc5ccc6c(c5)CCC5C6CC[C@@]6(C)C5CC[C@@H]6O)cc4CC[C@H]3[C@@H]1CC[C@@H]2O. The Bertz CT molecular complexity index is 1200. The minimum absolute atomic E-state index is 0.113. The van der Waals surface area contributed by atoms with E-state index < -0.39 is 0 Å². The van der Waals surface area contributed by atoms with Gasteiger partial charge in [0, 0.05) is 0 Å². The third kappa shape index (κ3) is 3.70. The van der Waals surface area contributed by atoms with E-state index >= 15 is 0 Å². The molecule has 4 fully saturated rings. The van der Waals surface area contributed by atoms with Gasteiger partial charge in [-0.05, 0) is 170 Å². The maximum atomic E-state index is 10.7. The Morgan fingerprint density at radius 1 is 0.600 bits per heavy atom. The van der Waals surface area contributed by atoms with Crippen LogP contribution in [0.25, 0.3) is 0 Å². The van der Waals surface area contributed by atoms with Crippen molar-refractivity contribution in [2.75, 3.05) is 0 Å². The Kier molecular flexibility index (Phi) is 5.92. The monoisotopic (exact) mass is 542 g/mol. The molecule has 6 aliphatic carbocycles. The van der Waals surface area contributed by atoms with E-state index in [0.29, 0.717) is 35.5 Å². The molecule has 0 aliphatic heterocycles. The number of rotatable bonds is 3. The van der Waals surface area contributed by atoms with Crippen molar-refractivity contribution in [1.82, 2.24) is 0 Å². The molecule has 2 N–H and O–H groups in total. The van der Waals surface area contributed by atoms with Crippen LogP contribution in [-0.4, -0.2) is 22.4 Å². The van der Waals surface area contributed by atoms with Gasteiger partial charge in [0.15, 0.2) is 11.5 Å². The van der Waals surface area contributed by atoms with Crippen LogP contribution >= 0.6 is 0 Å². The summed E-state index contributed by atoms with van der Waals surface area (Å²) in [6.07, 6.45) is 13.4. The van der Waals surface area contributed by atoms with Crippen molar-refractivity contribution < 1.29 is 20.0 Å². The summed E-state index contributed by atoms with van der Waals surface area (Å²) in [5, 5.41) is 21.4. The normalized spacial score (nSPS) is 43.0. The van der Waals surface area contributed by atoms with E-state index in [1.54, 1.807) is 0 Å². The van der Waals surface area contributed by atoms with Crippen molar-refractivity contribution in [2.24, 2.45) is 34.5 Å². The zero-order valence-corrected chi connectivity index (χ0v) is 24.3. The summed E-state index contributed by atoms with van der Waals surface area (Å²) in [7, 11) is 0. The molecular formula is C36H46O4. The first-order chi connectivity index (χ1) is 19.3. The van der Waals surface area contributed by atoms with Gasteiger partial charge >= 0.3 is 0 Å². The molecular weight excluding hydrogens is 496 g/mol. The quantitative estimate of drug-likeness (QED) is 0.312. The molecule has 0 saturated heterocycles. The van der Waals surface area contributed by atoms with Crippen LogP contribution in [0.15, 0.2) is 36.4 Å². The molecule has 0 spiro atoms. The summed E-state index contributed by atoms with van der Waals surface area (Å²) in [5.74, 6) is 5.56. The highest BCUT2D eigenvalue weighted by Crippen LogP contribution is 2.62. The van der Waals surface area contributed by atoms with Gasteiger partial charge in [-0.15, -0.1) is 0 Å². The number of aliphatic hydroxyl groups is 2. The largest absolute Gasteiger partial charge is 0.393 e. The molecule has 0 heterocycles. The average molecular weight is 543 g/mol. The summed E-state index contributed by atoms with van der Waals surface area (Å²) in [6.45, 7) is 4.69. The molecule has 4 saturated carbocycles. The van der Waals surface area contributed by atoms with Gasteiger partial charge in [0.1, 0.15) is 0 Å². The van der Waals surface area contributed by atoms with Crippen molar-refractivity contribution in [3.63, 3.8) is 0 Å². The van der Waals surface area contributed by atoms with E-state index in [0.717, 1.165) is 50.0 Å². The number of fused-ring (bicyclic) bond motifs is 10. The Balaban J connectivity index is 0.952. The number of hydrogen-bond donors (Lipinski definition) is 2. The van der Waals surface area contributed by atoms with Crippen LogP contribution < -0.4 is 9.78 Å². The van der Waals surface area contributed by atoms with Crippen LogP contribution in [0.2, 0.25) is 0 Å². The van der Waals surface area contributed by atoms with Crippen LogP contribution in [-0.2, 0) is 12.8 Å². The molecule has 2 aromatic carbocycles. The standard InChI is InChI=1S/C36H46O4/c1-35-17-15-27-25-9-5-23(19-21(25)3-7-29(27)31(35)11-13-33(35)37)39-40-24-6-10-26-22(20-24)4-8-30-28(26)16-18-36(2)32(30)12-14-34(36)38/h5-6,9-10,19-20,27-34,37-38H,3-4,7-8,11-18H2,1-2H3/t27-,28?,29-,30?,31+,32?,33+,34+,35+,36+/m1/s1. The molecule has 10 atom stereocenters. The van der Waals surface area contributed by atoms with E-state index in [9.17, 15) is 10.2 Å².